The maximum absolute atomic E-state index is 10.4. The van der Waals surface area contributed by atoms with E-state index in [4.69, 9.17) is 9.47 Å². The number of rotatable bonds is 5. The highest BCUT2D eigenvalue weighted by molar-refractivity contribution is 5.43. The minimum Gasteiger partial charge on any atom is -0.493 e. The van der Waals surface area contributed by atoms with Gasteiger partial charge in [0.05, 0.1) is 20.3 Å². The molecule has 0 radical (unpaired) electrons. The van der Waals surface area contributed by atoms with Gasteiger partial charge < -0.3 is 14.6 Å². The number of aliphatic hydroxyl groups is 1. The Labute approximate surface area is 121 Å². The first-order valence-electron chi connectivity index (χ1n) is 7.07. The van der Waals surface area contributed by atoms with E-state index in [9.17, 15) is 5.11 Å². The molecule has 0 bridgehead atoms. The van der Waals surface area contributed by atoms with Gasteiger partial charge in [0.15, 0.2) is 11.5 Å². The van der Waals surface area contributed by atoms with Gasteiger partial charge in [-0.3, -0.25) is 4.90 Å². The molecule has 1 aromatic carbocycles. The van der Waals surface area contributed by atoms with Crippen molar-refractivity contribution >= 4 is 0 Å². The molecule has 1 atom stereocenters. The minimum absolute atomic E-state index is 0.358. The molecule has 0 saturated carbocycles. The standard InChI is InChI=1S/C16H25NO3/c1-16(2)7-8-17(11-16)10-13(18)12-5-6-14(19-3)15(9-12)20-4/h5-6,9,13,18H,7-8,10-11H2,1-4H3. The van der Waals surface area contributed by atoms with E-state index in [-0.39, 0.29) is 0 Å². The van der Waals surface area contributed by atoms with E-state index in [1.807, 2.05) is 18.2 Å². The van der Waals surface area contributed by atoms with E-state index >= 15 is 0 Å². The predicted molar refractivity (Wildman–Crippen MR) is 79.3 cm³/mol. The number of ether oxygens (including phenoxy) is 2. The Bertz CT molecular complexity index is 459. The summed E-state index contributed by atoms with van der Waals surface area (Å²) in [7, 11) is 3.22. The van der Waals surface area contributed by atoms with E-state index in [1.165, 1.54) is 6.42 Å². The molecule has 1 saturated heterocycles. The summed E-state index contributed by atoms with van der Waals surface area (Å²) in [5.74, 6) is 1.34. The molecule has 1 aliphatic heterocycles. The quantitative estimate of drug-likeness (QED) is 0.899. The van der Waals surface area contributed by atoms with Gasteiger partial charge >= 0.3 is 0 Å². The van der Waals surface area contributed by atoms with E-state index in [0.717, 1.165) is 18.7 Å². The van der Waals surface area contributed by atoms with Gasteiger partial charge in [0.1, 0.15) is 0 Å². The molecule has 4 nitrogen and oxygen atoms in total. The maximum Gasteiger partial charge on any atom is 0.161 e. The van der Waals surface area contributed by atoms with Crippen LogP contribution >= 0.6 is 0 Å². The van der Waals surface area contributed by atoms with E-state index in [2.05, 4.69) is 18.7 Å². The molecule has 4 heteroatoms. The van der Waals surface area contributed by atoms with Crippen LogP contribution in [-0.4, -0.2) is 43.9 Å². The lowest BCUT2D eigenvalue weighted by atomic mass is 9.93. The molecule has 1 aliphatic rings. The molecule has 0 spiro atoms. The zero-order valence-electron chi connectivity index (χ0n) is 12.8. The second-order valence-electron chi connectivity index (χ2n) is 6.28. The Morgan fingerprint density at radius 1 is 1.25 bits per heavy atom. The van der Waals surface area contributed by atoms with Crippen LogP contribution in [0, 0.1) is 5.41 Å². The van der Waals surface area contributed by atoms with Crippen LogP contribution < -0.4 is 9.47 Å². The SMILES string of the molecule is COc1ccc(C(O)CN2CCC(C)(C)C2)cc1OC. The molecule has 1 N–H and O–H groups in total. The Morgan fingerprint density at radius 3 is 2.50 bits per heavy atom. The third-order valence-corrected chi connectivity index (χ3v) is 3.98. The average Bonchev–Trinajstić information content (AvgIpc) is 2.76. The number of β-amino-alcohol motifs (C(OH)–C–C–N with tert-alkyl or cyclic N) is 1. The maximum atomic E-state index is 10.4. The highest BCUT2D eigenvalue weighted by atomic mass is 16.5. The van der Waals surface area contributed by atoms with Crippen LogP contribution in [0.15, 0.2) is 18.2 Å². The summed E-state index contributed by atoms with van der Waals surface area (Å²) in [4.78, 5) is 2.32. The largest absolute Gasteiger partial charge is 0.493 e. The number of nitrogens with zero attached hydrogens (tertiary/aromatic N) is 1. The molecule has 0 amide bonds. The minimum atomic E-state index is -0.497. The van der Waals surface area contributed by atoms with Gasteiger partial charge in [0.2, 0.25) is 0 Å². The van der Waals surface area contributed by atoms with E-state index < -0.39 is 6.10 Å². The summed E-state index contributed by atoms with van der Waals surface area (Å²) < 4.78 is 10.5. The number of hydrogen-bond acceptors (Lipinski definition) is 4. The molecule has 2 rings (SSSR count). The first-order valence-corrected chi connectivity index (χ1v) is 7.07. The zero-order chi connectivity index (χ0) is 14.8. The Hall–Kier alpha value is -1.26. The van der Waals surface area contributed by atoms with Crippen LogP contribution in [0.4, 0.5) is 0 Å². The Kier molecular flexibility index (Phi) is 4.55. The first kappa shape index (κ1) is 15.1. The van der Waals surface area contributed by atoms with Crippen LogP contribution in [0.2, 0.25) is 0 Å². The summed E-state index contributed by atoms with van der Waals surface area (Å²) in [6, 6.07) is 5.59. The highest BCUT2D eigenvalue weighted by Crippen LogP contribution is 2.32. The van der Waals surface area contributed by atoms with Crippen molar-refractivity contribution in [3.8, 4) is 11.5 Å². The topological polar surface area (TPSA) is 41.9 Å². The van der Waals surface area contributed by atoms with Crippen molar-refractivity contribution in [1.82, 2.24) is 4.90 Å². The third kappa shape index (κ3) is 3.44. The summed E-state index contributed by atoms with van der Waals surface area (Å²) in [5, 5.41) is 10.4. The summed E-state index contributed by atoms with van der Waals surface area (Å²) in [5.41, 5.74) is 1.23. The molecule has 1 heterocycles. The van der Waals surface area contributed by atoms with Crippen LogP contribution in [0.25, 0.3) is 0 Å². The van der Waals surface area contributed by atoms with Crippen LogP contribution in [0.1, 0.15) is 31.9 Å². The number of hydrogen-bond donors (Lipinski definition) is 1. The highest BCUT2D eigenvalue weighted by Gasteiger charge is 2.30. The molecule has 112 valence electrons. The van der Waals surface area contributed by atoms with Crippen molar-refractivity contribution in [2.75, 3.05) is 33.9 Å². The fourth-order valence-corrected chi connectivity index (χ4v) is 2.79. The second-order valence-corrected chi connectivity index (χ2v) is 6.28. The Balaban J connectivity index is 2.04. The van der Waals surface area contributed by atoms with Crippen molar-refractivity contribution in [3.05, 3.63) is 23.8 Å². The third-order valence-electron chi connectivity index (χ3n) is 3.98. The predicted octanol–water partition coefficient (Wildman–Crippen LogP) is 2.47. The Morgan fingerprint density at radius 2 is 1.95 bits per heavy atom. The summed E-state index contributed by atoms with van der Waals surface area (Å²) in [6.07, 6.45) is 0.690. The molecule has 1 fully saturated rings. The molecular weight excluding hydrogens is 254 g/mol. The van der Waals surface area contributed by atoms with Crippen LogP contribution in [0.5, 0.6) is 11.5 Å². The molecular formula is C16H25NO3. The van der Waals surface area contributed by atoms with Crippen molar-refractivity contribution in [2.45, 2.75) is 26.4 Å². The molecule has 0 aromatic heterocycles. The van der Waals surface area contributed by atoms with E-state index in [1.54, 1.807) is 14.2 Å². The first-order chi connectivity index (χ1) is 9.45. The smallest absolute Gasteiger partial charge is 0.161 e. The average molecular weight is 279 g/mol. The number of aliphatic hydroxyl groups excluding tert-OH is 1. The lowest BCUT2D eigenvalue weighted by Gasteiger charge is -2.23. The fourth-order valence-electron chi connectivity index (χ4n) is 2.79. The van der Waals surface area contributed by atoms with Gasteiger partial charge in [-0.05, 0) is 36.1 Å². The van der Waals surface area contributed by atoms with Gasteiger partial charge in [-0.15, -0.1) is 0 Å². The van der Waals surface area contributed by atoms with Crippen molar-refractivity contribution in [3.63, 3.8) is 0 Å². The van der Waals surface area contributed by atoms with E-state index in [0.29, 0.717) is 23.5 Å². The number of likely N-dealkylation sites (tertiary alicyclic amines) is 1. The summed E-state index contributed by atoms with van der Waals surface area (Å²) in [6.45, 7) is 7.30. The van der Waals surface area contributed by atoms with Gasteiger partial charge in [0, 0.05) is 13.1 Å². The zero-order valence-corrected chi connectivity index (χ0v) is 12.8. The van der Waals surface area contributed by atoms with Gasteiger partial charge in [0.25, 0.3) is 0 Å². The van der Waals surface area contributed by atoms with Gasteiger partial charge in [-0.1, -0.05) is 19.9 Å². The normalized spacial score (nSPS) is 19.9. The van der Waals surface area contributed by atoms with Crippen LogP contribution in [-0.2, 0) is 0 Å². The fraction of sp³-hybridized carbons (Fsp3) is 0.625. The van der Waals surface area contributed by atoms with Crippen molar-refractivity contribution < 1.29 is 14.6 Å². The van der Waals surface area contributed by atoms with Gasteiger partial charge in [-0.2, -0.15) is 0 Å². The van der Waals surface area contributed by atoms with Crippen LogP contribution in [0.3, 0.4) is 0 Å². The molecule has 1 unspecified atom stereocenters. The van der Waals surface area contributed by atoms with Crippen molar-refractivity contribution in [1.29, 1.82) is 0 Å². The lowest BCUT2D eigenvalue weighted by Crippen LogP contribution is -2.28. The molecule has 20 heavy (non-hydrogen) atoms. The number of methoxy groups -OCH3 is 2. The second kappa shape index (κ2) is 6.02. The lowest BCUT2D eigenvalue weighted by molar-refractivity contribution is 0.120. The molecule has 0 aliphatic carbocycles. The number of benzene rings is 1. The van der Waals surface area contributed by atoms with Gasteiger partial charge in [-0.25, -0.2) is 0 Å². The monoisotopic (exact) mass is 279 g/mol. The van der Waals surface area contributed by atoms with Crippen molar-refractivity contribution in [2.24, 2.45) is 5.41 Å². The molecule has 1 aromatic rings. The summed E-state index contributed by atoms with van der Waals surface area (Å²) >= 11 is 0.